The first-order chi connectivity index (χ1) is 21.1. The lowest BCUT2D eigenvalue weighted by Gasteiger charge is -2.34. The fourth-order valence-corrected chi connectivity index (χ4v) is 6.60. The highest BCUT2D eigenvalue weighted by Crippen LogP contribution is 2.27. The average Bonchev–Trinajstić information content (AvgIpc) is 3.02. The number of halogens is 1. The fourth-order valence-electron chi connectivity index (χ4n) is 4.78. The molecule has 8 nitrogen and oxygen atoms in total. The maximum absolute atomic E-state index is 14.5. The molecule has 0 aliphatic rings. The lowest BCUT2D eigenvalue weighted by atomic mass is 10.0. The molecule has 1 N–H and O–H groups in total. The van der Waals surface area contributed by atoms with Gasteiger partial charge in [0.1, 0.15) is 18.3 Å². The van der Waals surface area contributed by atoms with E-state index in [1.807, 2.05) is 56.3 Å². The van der Waals surface area contributed by atoms with Crippen molar-refractivity contribution in [2.75, 3.05) is 18.0 Å². The fraction of sp³-hybridized carbons (Fsp3) is 0.235. The molecule has 0 aromatic heterocycles. The molecule has 0 aliphatic carbocycles. The summed E-state index contributed by atoms with van der Waals surface area (Å²) in [5, 5.41) is 2.96. The zero-order valence-corrected chi connectivity index (χ0v) is 27.3. The molecular weight excluding hydrogens is 642 g/mol. The van der Waals surface area contributed by atoms with Crippen molar-refractivity contribution in [3.8, 4) is 5.75 Å². The first kappa shape index (κ1) is 32.8. The molecule has 230 valence electrons. The third kappa shape index (κ3) is 8.48. The van der Waals surface area contributed by atoms with Gasteiger partial charge < -0.3 is 15.0 Å². The first-order valence-corrected chi connectivity index (χ1v) is 16.4. The van der Waals surface area contributed by atoms with Gasteiger partial charge in [0.2, 0.25) is 11.8 Å². The van der Waals surface area contributed by atoms with Gasteiger partial charge in [-0.05, 0) is 67.4 Å². The zero-order chi connectivity index (χ0) is 31.7. The van der Waals surface area contributed by atoms with E-state index in [0.29, 0.717) is 15.9 Å². The lowest BCUT2D eigenvalue weighted by molar-refractivity contribution is -0.140. The molecule has 0 spiro atoms. The van der Waals surface area contributed by atoms with E-state index in [1.54, 1.807) is 61.7 Å². The number of anilines is 1. The van der Waals surface area contributed by atoms with Crippen LogP contribution in [0.2, 0.25) is 0 Å². The molecule has 0 fully saturated rings. The Balaban J connectivity index is 1.81. The number of methoxy groups -OCH3 is 1. The van der Waals surface area contributed by atoms with Crippen LogP contribution in [0.25, 0.3) is 0 Å². The van der Waals surface area contributed by atoms with E-state index in [2.05, 4.69) is 21.2 Å². The van der Waals surface area contributed by atoms with E-state index in [-0.39, 0.29) is 29.8 Å². The maximum atomic E-state index is 14.5. The van der Waals surface area contributed by atoms with Gasteiger partial charge in [-0.3, -0.25) is 13.9 Å². The number of carbonyl (C=O) groups excluding carboxylic acids is 2. The number of hydrogen-bond acceptors (Lipinski definition) is 5. The van der Waals surface area contributed by atoms with E-state index in [4.69, 9.17) is 4.74 Å². The minimum atomic E-state index is -4.16. The molecule has 0 bridgehead atoms. The van der Waals surface area contributed by atoms with Crippen molar-refractivity contribution in [2.24, 2.45) is 0 Å². The SMILES string of the molecule is COc1cccc(CN(C(=O)CN(c2cccc(Br)c2)S(=O)(=O)c2ccccc2)C(Cc2ccccc2)C(=O)NC(C)C)c1. The summed E-state index contributed by atoms with van der Waals surface area (Å²) >= 11 is 3.43. The summed E-state index contributed by atoms with van der Waals surface area (Å²) in [6, 6.07) is 30.3. The van der Waals surface area contributed by atoms with E-state index >= 15 is 0 Å². The number of nitrogens with one attached hydrogen (secondary N) is 1. The van der Waals surface area contributed by atoms with Gasteiger partial charge in [0.25, 0.3) is 10.0 Å². The minimum Gasteiger partial charge on any atom is -0.497 e. The van der Waals surface area contributed by atoms with Gasteiger partial charge in [-0.1, -0.05) is 82.7 Å². The summed E-state index contributed by atoms with van der Waals surface area (Å²) in [5.74, 6) is -0.268. The zero-order valence-electron chi connectivity index (χ0n) is 24.9. The molecule has 4 rings (SSSR count). The van der Waals surface area contributed by atoms with Crippen molar-refractivity contribution >= 4 is 43.5 Å². The smallest absolute Gasteiger partial charge is 0.264 e. The first-order valence-electron chi connectivity index (χ1n) is 14.2. The van der Waals surface area contributed by atoms with Crippen molar-refractivity contribution in [3.63, 3.8) is 0 Å². The van der Waals surface area contributed by atoms with Crippen molar-refractivity contribution < 1.29 is 22.7 Å². The normalized spacial score (nSPS) is 11.9. The van der Waals surface area contributed by atoms with Crippen LogP contribution in [0.4, 0.5) is 5.69 Å². The molecule has 1 unspecified atom stereocenters. The van der Waals surface area contributed by atoms with E-state index < -0.39 is 28.5 Å². The number of nitrogens with zero attached hydrogens (tertiary/aromatic N) is 2. The number of benzene rings is 4. The second-order valence-electron chi connectivity index (χ2n) is 10.5. The Labute approximate surface area is 267 Å². The summed E-state index contributed by atoms with van der Waals surface area (Å²) in [6.07, 6.45) is 0.234. The molecule has 4 aromatic carbocycles. The summed E-state index contributed by atoms with van der Waals surface area (Å²) in [4.78, 5) is 29.7. The summed E-state index contributed by atoms with van der Waals surface area (Å²) in [5.41, 5.74) is 1.90. The van der Waals surface area contributed by atoms with Crippen molar-refractivity contribution in [3.05, 3.63) is 125 Å². The Kier molecular flexibility index (Phi) is 11.2. The number of ether oxygens (including phenoxy) is 1. The predicted molar refractivity (Wildman–Crippen MR) is 176 cm³/mol. The highest BCUT2D eigenvalue weighted by atomic mass is 79.9. The van der Waals surface area contributed by atoms with Gasteiger partial charge >= 0.3 is 0 Å². The third-order valence-corrected chi connectivity index (χ3v) is 9.18. The molecule has 4 aromatic rings. The van der Waals surface area contributed by atoms with Crippen molar-refractivity contribution in [2.45, 2.75) is 43.8 Å². The molecule has 0 radical (unpaired) electrons. The van der Waals surface area contributed by atoms with Crippen LogP contribution in [0.5, 0.6) is 5.75 Å². The Morgan fingerprint density at radius 3 is 2.11 bits per heavy atom. The van der Waals surface area contributed by atoms with Gasteiger partial charge in [0.15, 0.2) is 0 Å². The molecule has 44 heavy (non-hydrogen) atoms. The Hall–Kier alpha value is -4.15. The Morgan fingerprint density at radius 1 is 0.841 bits per heavy atom. The number of carbonyl (C=O) groups is 2. The van der Waals surface area contributed by atoms with Gasteiger partial charge in [-0.25, -0.2) is 8.42 Å². The second kappa shape index (κ2) is 15.0. The van der Waals surface area contributed by atoms with Gasteiger partial charge in [0, 0.05) is 23.5 Å². The van der Waals surface area contributed by atoms with Crippen LogP contribution >= 0.6 is 15.9 Å². The predicted octanol–water partition coefficient (Wildman–Crippen LogP) is 5.82. The van der Waals surface area contributed by atoms with Crippen LogP contribution in [0.1, 0.15) is 25.0 Å². The largest absolute Gasteiger partial charge is 0.497 e. The van der Waals surface area contributed by atoms with Crippen molar-refractivity contribution in [1.82, 2.24) is 10.2 Å². The topological polar surface area (TPSA) is 96.0 Å². The van der Waals surface area contributed by atoms with Crippen LogP contribution in [0.3, 0.4) is 0 Å². The number of rotatable bonds is 13. The maximum Gasteiger partial charge on any atom is 0.264 e. The van der Waals surface area contributed by atoms with Gasteiger partial charge in [-0.2, -0.15) is 0 Å². The van der Waals surface area contributed by atoms with Crippen LogP contribution in [0, 0.1) is 0 Å². The second-order valence-corrected chi connectivity index (χ2v) is 13.3. The summed E-state index contributed by atoms with van der Waals surface area (Å²) in [7, 11) is -2.61. The minimum absolute atomic E-state index is 0.0468. The molecule has 1 atom stereocenters. The van der Waals surface area contributed by atoms with E-state index in [1.165, 1.54) is 17.0 Å². The number of amides is 2. The molecule has 0 aliphatic heterocycles. The van der Waals surface area contributed by atoms with Crippen LogP contribution in [0.15, 0.2) is 119 Å². The number of sulfonamides is 1. The van der Waals surface area contributed by atoms with Crippen molar-refractivity contribution in [1.29, 1.82) is 0 Å². The van der Waals surface area contributed by atoms with Crippen LogP contribution in [-0.4, -0.2) is 50.9 Å². The summed E-state index contributed by atoms with van der Waals surface area (Å²) in [6.45, 7) is 3.23. The average molecular weight is 679 g/mol. The highest BCUT2D eigenvalue weighted by Gasteiger charge is 2.35. The van der Waals surface area contributed by atoms with Gasteiger partial charge in [0.05, 0.1) is 17.7 Å². The lowest BCUT2D eigenvalue weighted by Crippen LogP contribution is -2.54. The third-order valence-electron chi connectivity index (χ3n) is 6.90. The van der Waals surface area contributed by atoms with E-state index in [9.17, 15) is 18.0 Å². The molecule has 2 amide bonds. The molecule has 0 heterocycles. The van der Waals surface area contributed by atoms with Crippen LogP contribution < -0.4 is 14.4 Å². The van der Waals surface area contributed by atoms with Crippen LogP contribution in [-0.2, 0) is 32.6 Å². The molecular formula is C34H36BrN3O5S. The monoisotopic (exact) mass is 677 g/mol. The molecule has 10 heteroatoms. The Morgan fingerprint density at radius 2 is 1.48 bits per heavy atom. The number of hydrogen-bond donors (Lipinski definition) is 1. The quantitative estimate of drug-likeness (QED) is 0.193. The summed E-state index contributed by atoms with van der Waals surface area (Å²) < 4.78 is 35.2. The molecule has 0 saturated carbocycles. The Bertz CT molecular complexity index is 1670. The highest BCUT2D eigenvalue weighted by molar-refractivity contribution is 9.10. The molecule has 0 saturated heterocycles. The van der Waals surface area contributed by atoms with Gasteiger partial charge in [-0.15, -0.1) is 0 Å². The van der Waals surface area contributed by atoms with E-state index in [0.717, 1.165) is 15.4 Å². The standard InChI is InChI=1S/C34H36BrN3O5S/c1-25(2)36-34(40)32(21-26-12-6-4-7-13-26)37(23-27-14-10-17-30(20-27)43-3)33(39)24-38(29-16-11-15-28(35)22-29)44(41,42)31-18-8-5-9-19-31/h4-20,22,25,32H,21,23-24H2,1-3H3,(H,36,40).